The number of halogens is 3. The maximum absolute atomic E-state index is 11.0. The molecule has 0 aromatic heterocycles. The molecule has 13 heteroatoms. The molecule has 1 fully saturated rings. The van der Waals surface area contributed by atoms with Crippen LogP contribution in [0.5, 0.6) is 0 Å². The first-order chi connectivity index (χ1) is 9.28. The van der Waals surface area contributed by atoms with Gasteiger partial charge in [-0.1, -0.05) is 34.8 Å². The van der Waals surface area contributed by atoms with Crippen LogP contribution in [0, 0.1) is 0 Å². The minimum atomic E-state index is -3.72. The highest BCUT2D eigenvalue weighted by Gasteiger charge is 2.47. The predicted octanol–water partition coefficient (Wildman–Crippen LogP) is 0.419. The Bertz CT molecular complexity index is 511. The van der Waals surface area contributed by atoms with E-state index in [1.165, 1.54) is 0 Å². The Morgan fingerprint density at radius 3 is 1.48 bits per heavy atom. The topological polar surface area (TPSA) is 105 Å². The third kappa shape index (κ3) is 7.62. The second kappa shape index (κ2) is 7.02. The van der Waals surface area contributed by atoms with Gasteiger partial charge in [0.25, 0.3) is 20.2 Å². The standard InChI is InChI=1S/C8H13Cl3O8S2/c1-20(12,13)16-3-5-6(4-17-21(2,14)15)19-7(18-5)8(9,10)11/h5-7H,3-4H2,1-2H3. The fraction of sp³-hybridized carbons (Fsp3) is 1.00. The highest BCUT2D eigenvalue weighted by atomic mass is 35.6. The number of rotatable bonds is 6. The van der Waals surface area contributed by atoms with Crippen molar-refractivity contribution in [3.63, 3.8) is 0 Å². The summed E-state index contributed by atoms with van der Waals surface area (Å²) >= 11 is 16.8. The van der Waals surface area contributed by atoms with Crippen LogP contribution in [-0.4, -0.2) is 64.9 Å². The van der Waals surface area contributed by atoms with Gasteiger partial charge < -0.3 is 9.47 Å². The lowest BCUT2D eigenvalue weighted by molar-refractivity contribution is -0.0682. The highest BCUT2D eigenvalue weighted by molar-refractivity contribution is 7.86. The van der Waals surface area contributed by atoms with Crippen molar-refractivity contribution < 1.29 is 34.7 Å². The number of alkyl halides is 3. The predicted molar refractivity (Wildman–Crippen MR) is 75.4 cm³/mol. The molecule has 0 aromatic rings. The lowest BCUT2D eigenvalue weighted by Gasteiger charge is -2.18. The SMILES string of the molecule is CS(=O)(=O)OCC1OC(C(Cl)(Cl)Cl)OC1COS(C)(=O)=O. The summed E-state index contributed by atoms with van der Waals surface area (Å²) in [4.78, 5) is 0. The molecule has 0 N–H and O–H groups in total. The van der Waals surface area contributed by atoms with Crippen LogP contribution in [0.25, 0.3) is 0 Å². The van der Waals surface area contributed by atoms with Gasteiger partial charge in [-0.25, -0.2) is 0 Å². The van der Waals surface area contributed by atoms with Gasteiger partial charge in [-0.15, -0.1) is 0 Å². The average Bonchev–Trinajstić information content (AvgIpc) is 2.64. The molecule has 21 heavy (non-hydrogen) atoms. The summed E-state index contributed by atoms with van der Waals surface area (Å²) in [5.74, 6) is 0. The van der Waals surface area contributed by atoms with Gasteiger partial charge in [-0.05, 0) is 0 Å². The van der Waals surface area contributed by atoms with Crippen molar-refractivity contribution in [3.8, 4) is 0 Å². The number of hydrogen-bond donors (Lipinski definition) is 0. The molecule has 1 rings (SSSR count). The van der Waals surface area contributed by atoms with Gasteiger partial charge in [-0.2, -0.15) is 16.8 Å². The van der Waals surface area contributed by atoms with Gasteiger partial charge in [0.2, 0.25) is 10.1 Å². The number of hydrogen-bond acceptors (Lipinski definition) is 8. The van der Waals surface area contributed by atoms with Crippen molar-refractivity contribution in [2.45, 2.75) is 22.3 Å². The first-order valence-corrected chi connectivity index (χ1v) is 10.1. The van der Waals surface area contributed by atoms with Crippen LogP contribution in [0.2, 0.25) is 0 Å². The van der Waals surface area contributed by atoms with E-state index in [0.29, 0.717) is 0 Å². The Balaban J connectivity index is 2.74. The van der Waals surface area contributed by atoms with Crippen LogP contribution in [-0.2, 0) is 38.1 Å². The van der Waals surface area contributed by atoms with Gasteiger partial charge in [0.15, 0.2) is 0 Å². The molecule has 0 amide bonds. The van der Waals surface area contributed by atoms with E-state index in [1.54, 1.807) is 0 Å². The smallest absolute Gasteiger partial charge is 0.264 e. The summed E-state index contributed by atoms with van der Waals surface area (Å²) in [6, 6.07) is 0. The van der Waals surface area contributed by atoms with Crippen molar-refractivity contribution in [2.75, 3.05) is 25.7 Å². The van der Waals surface area contributed by atoms with Crippen LogP contribution in [0.3, 0.4) is 0 Å². The van der Waals surface area contributed by atoms with E-state index < -0.39 is 55.7 Å². The van der Waals surface area contributed by atoms with Crippen molar-refractivity contribution in [3.05, 3.63) is 0 Å². The van der Waals surface area contributed by atoms with E-state index in [-0.39, 0.29) is 0 Å². The normalized spacial score (nSPS) is 28.0. The first-order valence-electron chi connectivity index (χ1n) is 5.34. The molecule has 0 radical (unpaired) electrons. The van der Waals surface area contributed by atoms with Crippen LogP contribution in [0.15, 0.2) is 0 Å². The molecule has 0 bridgehead atoms. The van der Waals surface area contributed by atoms with Gasteiger partial charge >= 0.3 is 0 Å². The Kier molecular flexibility index (Phi) is 6.57. The zero-order chi connectivity index (χ0) is 16.5. The lowest BCUT2D eigenvalue weighted by Crippen LogP contribution is -2.33. The Morgan fingerprint density at radius 2 is 1.24 bits per heavy atom. The van der Waals surface area contributed by atoms with E-state index >= 15 is 0 Å². The third-order valence-corrected chi connectivity index (χ3v) is 3.83. The molecule has 1 saturated heterocycles. The highest BCUT2D eigenvalue weighted by Crippen LogP contribution is 2.38. The van der Waals surface area contributed by atoms with Crippen molar-refractivity contribution in [1.82, 2.24) is 0 Å². The van der Waals surface area contributed by atoms with Crippen LogP contribution < -0.4 is 0 Å². The van der Waals surface area contributed by atoms with Crippen molar-refractivity contribution in [1.29, 1.82) is 0 Å². The molecule has 0 aromatic carbocycles. The summed E-state index contributed by atoms with van der Waals surface area (Å²) in [6.07, 6.45) is -1.60. The Morgan fingerprint density at radius 1 is 0.905 bits per heavy atom. The van der Waals surface area contributed by atoms with E-state index in [2.05, 4.69) is 8.37 Å². The fourth-order valence-corrected chi connectivity index (χ4v) is 2.42. The third-order valence-electron chi connectivity index (χ3n) is 2.17. The molecule has 1 aliphatic rings. The molecule has 0 aliphatic carbocycles. The molecule has 0 saturated carbocycles. The molecular weight excluding hydrogens is 395 g/mol. The maximum Gasteiger partial charge on any atom is 0.264 e. The Hall–Kier alpha value is 0.610. The number of ether oxygens (including phenoxy) is 2. The van der Waals surface area contributed by atoms with Crippen LogP contribution in [0.1, 0.15) is 0 Å². The zero-order valence-corrected chi connectivity index (χ0v) is 14.8. The van der Waals surface area contributed by atoms with Crippen molar-refractivity contribution >= 4 is 55.0 Å². The van der Waals surface area contributed by atoms with E-state index in [9.17, 15) is 16.8 Å². The summed E-state index contributed by atoms with van der Waals surface area (Å²) in [7, 11) is -7.45. The zero-order valence-electron chi connectivity index (χ0n) is 10.9. The largest absolute Gasteiger partial charge is 0.340 e. The van der Waals surface area contributed by atoms with Gasteiger partial charge in [0, 0.05) is 0 Å². The maximum atomic E-state index is 11.0. The Labute approximate surface area is 137 Å². The quantitative estimate of drug-likeness (QED) is 0.461. The molecule has 2 unspecified atom stereocenters. The minimum Gasteiger partial charge on any atom is -0.340 e. The first kappa shape index (κ1) is 19.7. The van der Waals surface area contributed by atoms with Gasteiger partial charge in [0.1, 0.15) is 12.2 Å². The van der Waals surface area contributed by atoms with Gasteiger partial charge in [0.05, 0.1) is 25.7 Å². The van der Waals surface area contributed by atoms with Gasteiger partial charge in [-0.3, -0.25) is 8.37 Å². The van der Waals surface area contributed by atoms with Crippen LogP contribution >= 0.6 is 34.8 Å². The molecule has 2 atom stereocenters. The summed E-state index contributed by atoms with van der Waals surface area (Å²) in [5.41, 5.74) is 0. The summed E-state index contributed by atoms with van der Waals surface area (Å²) in [5, 5.41) is 0. The summed E-state index contributed by atoms with van der Waals surface area (Å²) in [6.45, 7) is -0.873. The lowest BCUT2D eigenvalue weighted by atomic mass is 10.2. The molecule has 0 spiro atoms. The average molecular weight is 408 g/mol. The van der Waals surface area contributed by atoms with Crippen molar-refractivity contribution in [2.24, 2.45) is 0 Å². The molecular formula is C8H13Cl3O8S2. The fourth-order valence-electron chi connectivity index (χ4n) is 1.35. The van der Waals surface area contributed by atoms with E-state index in [0.717, 1.165) is 12.5 Å². The molecule has 1 aliphatic heterocycles. The second-order valence-electron chi connectivity index (χ2n) is 4.20. The minimum absolute atomic E-state index is 0.437. The molecule has 126 valence electrons. The second-order valence-corrected chi connectivity index (χ2v) is 9.86. The monoisotopic (exact) mass is 406 g/mol. The van der Waals surface area contributed by atoms with E-state index in [4.69, 9.17) is 44.3 Å². The summed E-state index contributed by atoms with van der Waals surface area (Å²) < 4.78 is 61.5. The molecule has 8 nitrogen and oxygen atoms in total. The van der Waals surface area contributed by atoms with Crippen LogP contribution in [0.4, 0.5) is 0 Å². The molecule has 1 heterocycles. The van der Waals surface area contributed by atoms with E-state index in [1.807, 2.05) is 0 Å².